The molecule has 4 aromatic heterocycles. The van der Waals surface area contributed by atoms with E-state index in [4.69, 9.17) is 32.7 Å². The highest BCUT2D eigenvalue weighted by Gasteiger charge is 2.18. The van der Waals surface area contributed by atoms with E-state index >= 15 is 0 Å². The van der Waals surface area contributed by atoms with E-state index in [1.165, 1.54) is 22.7 Å². The van der Waals surface area contributed by atoms with Crippen molar-refractivity contribution in [3.8, 4) is 11.5 Å². The molecule has 6 nitrogen and oxygen atoms in total. The van der Waals surface area contributed by atoms with Gasteiger partial charge in [0.1, 0.15) is 24.0 Å². The second-order valence-electron chi connectivity index (χ2n) is 10.2. The molecule has 6 rings (SSSR count). The Labute approximate surface area is 259 Å². The van der Waals surface area contributed by atoms with Crippen LogP contribution in [-0.4, -0.2) is 19.9 Å². The van der Waals surface area contributed by atoms with E-state index in [0.717, 1.165) is 28.2 Å². The summed E-state index contributed by atoms with van der Waals surface area (Å²) in [6, 6.07) is 7.17. The lowest BCUT2D eigenvalue weighted by Crippen LogP contribution is -1.99. The fourth-order valence-electron chi connectivity index (χ4n) is 4.19. The highest BCUT2D eigenvalue weighted by Crippen LogP contribution is 2.37. The first-order valence-electron chi connectivity index (χ1n) is 13.1. The van der Waals surface area contributed by atoms with E-state index in [1.54, 1.807) is 29.2 Å². The number of hydrogen-bond acceptors (Lipinski definition) is 6. The zero-order valence-corrected chi connectivity index (χ0v) is 26.4. The average molecular weight is 650 g/mol. The van der Waals surface area contributed by atoms with E-state index < -0.39 is 11.6 Å². The van der Waals surface area contributed by atoms with Crippen molar-refractivity contribution in [3.63, 3.8) is 0 Å². The van der Waals surface area contributed by atoms with Crippen LogP contribution < -0.4 is 9.47 Å². The number of nitrogens with one attached hydrogen (secondary N) is 2. The van der Waals surface area contributed by atoms with Gasteiger partial charge in [-0.2, -0.15) is 0 Å². The predicted octanol–water partition coefficient (Wildman–Crippen LogP) is 10.2. The van der Waals surface area contributed by atoms with Gasteiger partial charge in [0.05, 0.1) is 38.5 Å². The predicted molar refractivity (Wildman–Crippen MR) is 168 cm³/mol. The fourth-order valence-corrected chi connectivity index (χ4v) is 5.74. The van der Waals surface area contributed by atoms with Crippen molar-refractivity contribution in [2.45, 2.75) is 52.7 Å². The lowest BCUT2D eigenvalue weighted by atomic mass is 10.1. The molecule has 2 aromatic carbocycles. The summed E-state index contributed by atoms with van der Waals surface area (Å²) in [5.41, 5.74) is 8.04. The smallest absolute Gasteiger partial charge is 0.190 e. The Morgan fingerprint density at radius 1 is 0.810 bits per heavy atom. The molecule has 0 saturated heterocycles. The molecule has 12 heteroatoms. The number of benzene rings is 2. The summed E-state index contributed by atoms with van der Waals surface area (Å²) in [5.74, 6) is 0.0521. The molecule has 0 atom stereocenters. The number of H-pyrrole nitrogens is 2. The van der Waals surface area contributed by atoms with Gasteiger partial charge in [-0.1, -0.05) is 50.9 Å². The molecule has 6 aromatic rings. The second-order valence-corrected chi connectivity index (χ2v) is 12.4. The van der Waals surface area contributed by atoms with Crippen LogP contribution in [0.1, 0.15) is 62.3 Å². The minimum absolute atomic E-state index is 0.00651. The molecule has 2 N–H and O–H groups in total. The van der Waals surface area contributed by atoms with Gasteiger partial charge in [0, 0.05) is 39.0 Å². The lowest BCUT2D eigenvalue weighted by molar-refractivity contribution is 0.288. The molecule has 0 unspecified atom stereocenters. The van der Waals surface area contributed by atoms with Gasteiger partial charge >= 0.3 is 0 Å². The normalized spacial score (nSPS) is 11.5. The van der Waals surface area contributed by atoms with Crippen molar-refractivity contribution < 1.29 is 18.3 Å². The van der Waals surface area contributed by atoms with Crippen LogP contribution in [0.5, 0.6) is 11.5 Å². The molecular weight excluding hydrogens is 621 g/mol. The molecule has 0 amide bonds. The number of halogens is 4. The summed E-state index contributed by atoms with van der Waals surface area (Å²) in [6.07, 6.45) is 0. The number of ether oxygens (including phenoxy) is 2. The maximum absolute atomic E-state index is 14.6. The summed E-state index contributed by atoms with van der Waals surface area (Å²) < 4.78 is 40.0. The van der Waals surface area contributed by atoms with Crippen LogP contribution in [0, 0.1) is 11.6 Å². The van der Waals surface area contributed by atoms with Gasteiger partial charge in [0.15, 0.2) is 17.4 Å². The van der Waals surface area contributed by atoms with Gasteiger partial charge in [0.25, 0.3) is 0 Å². The molecule has 0 aliphatic heterocycles. The number of rotatable bonds is 8. The van der Waals surface area contributed by atoms with E-state index in [9.17, 15) is 8.78 Å². The average Bonchev–Trinajstić information content (AvgIpc) is 3.77. The van der Waals surface area contributed by atoms with Gasteiger partial charge in [0.2, 0.25) is 0 Å². The number of aromatic nitrogens is 4. The minimum Gasteiger partial charge on any atom is -0.486 e. The van der Waals surface area contributed by atoms with E-state index in [2.05, 4.69) is 19.9 Å². The zero-order chi connectivity index (χ0) is 30.0. The van der Waals surface area contributed by atoms with Crippen molar-refractivity contribution in [3.05, 3.63) is 90.5 Å². The van der Waals surface area contributed by atoms with Crippen molar-refractivity contribution in [2.24, 2.45) is 0 Å². The molecule has 0 radical (unpaired) electrons. The molecule has 4 heterocycles. The standard InChI is InChI=1S/2C15H14ClFN2OS/c1-8(2)11-3-10-12(19-11)4-13(14(16)15(10)17)20-5-9-6-21-7-18-9;1-8(2)12-4-9-3-11(16)15(13(17)14(9)19-12)20-5-10-6-21-7-18-10/h2*3-4,6-8,19H,5H2,1-2H3. The van der Waals surface area contributed by atoms with Crippen LogP contribution >= 0.6 is 45.9 Å². The third-order valence-corrected chi connectivity index (χ3v) is 8.43. The first-order valence-corrected chi connectivity index (χ1v) is 15.8. The number of thiazole rings is 2. The molecule has 0 fully saturated rings. The summed E-state index contributed by atoms with van der Waals surface area (Å²) >= 11 is 15.2. The number of hydrogen-bond donors (Lipinski definition) is 2. The number of aromatic amines is 2. The molecule has 0 saturated carbocycles. The highest BCUT2D eigenvalue weighted by molar-refractivity contribution is 7.07. The lowest BCUT2D eigenvalue weighted by Gasteiger charge is -2.08. The largest absolute Gasteiger partial charge is 0.486 e. The highest BCUT2D eigenvalue weighted by atomic mass is 35.5. The first-order chi connectivity index (χ1) is 20.1. The van der Waals surface area contributed by atoms with E-state index in [0.29, 0.717) is 22.2 Å². The number of nitrogens with zero attached hydrogens (tertiary/aromatic N) is 2. The minimum atomic E-state index is -0.459. The third kappa shape index (κ3) is 6.57. The Morgan fingerprint density at radius 2 is 1.43 bits per heavy atom. The second kappa shape index (κ2) is 13.0. The van der Waals surface area contributed by atoms with Crippen LogP contribution in [0.2, 0.25) is 10.0 Å². The zero-order valence-electron chi connectivity index (χ0n) is 23.2. The SMILES string of the molecule is CC(C)c1cc2c(F)c(Cl)c(OCc3cscn3)cc2[nH]1.CC(C)c1cc2cc(Cl)c(OCc3cscn3)c(F)c2[nH]1. The Kier molecular flexibility index (Phi) is 9.37. The number of fused-ring (bicyclic) bond motifs is 2. The maximum atomic E-state index is 14.6. The van der Waals surface area contributed by atoms with Crippen LogP contribution in [0.25, 0.3) is 21.8 Å². The monoisotopic (exact) mass is 648 g/mol. The van der Waals surface area contributed by atoms with Gasteiger partial charge in [-0.25, -0.2) is 18.7 Å². The summed E-state index contributed by atoms with van der Waals surface area (Å²) in [7, 11) is 0. The Morgan fingerprint density at radius 3 is 2.02 bits per heavy atom. The molecule has 42 heavy (non-hydrogen) atoms. The van der Waals surface area contributed by atoms with Gasteiger partial charge in [-0.3, -0.25) is 0 Å². The first kappa shape index (κ1) is 30.3. The van der Waals surface area contributed by atoms with Crippen molar-refractivity contribution in [1.29, 1.82) is 0 Å². The van der Waals surface area contributed by atoms with Crippen molar-refractivity contribution in [1.82, 2.24) is 19.9 Å². The topological polar surface area (TPSA) is 75.8 Å². The van der Waals surface area contributed by atoms with Crippen LogP contribution in [0.3, 0.4) is 0 Å². The fraction of sp³-hybridized carbons (Fsp3) is 0.267. The van der Waals surface area contributed by atoms with Crippen LogP contribution in [-0.2, 0) is 13.2 Å². The Balaban J connectivity index is 0.000000168. The van der Waals surface area contributed by atoms with E-state index in [-0.39, 0.29) is 40.8 Å². The molecule has 0 aliphatic carbocycles. The van der Waals surface area contributed by atoms with Gasteiger partial charge in [-0.05, 0) is 30.0 Å². The molecule has 0 bridgehead atoms. The van der Waals surface area contributed by atoms with Crippen molar-refractivity contribution in [2.75, 3.05) is 0 Å². The molecule has 220 valence electrons. The third-order valence-electron chi connectivity index (χ3n) is 6.53. The maximum Gasteiger partial charge on any atom is 0.190 e. The van der Waals surface area contributed by atoms with Crippen LogP contribution in [0.15, 0.2) is 46.0 Å². The van der Waals surface area contributed by atoms with E-state index in [1.807, 2.05) is 44.5 Å². The molecule has 0 spiro atoms. The van der Waals surface area contributed by atoms with Gasteiger partial charge in [-0.15, -0.1) is 22.7 Å². The van der Waals surface area contributed by atoms with Crippen LogP contribution in [0.4, 0.5) is 8.78 Å². The summed E-state index contributed by atoms with van der Waals surface area (Å²) in [5, 5.41) is 5.26. The molecular formula is C30H28Cl2F2N4O2S2. The molecule has 0 aliphatic rings. The Hall–Kier alpha value is -3.18. The van der Waals surface area contributed by atoms with Gasteiger partial charge < -0.3 is 19.4 Å². The van der Waals surface area contributed by atoms with Crippen molar-refractivity contribution >= 4 is 67.7 Å². The quantitative estimate of drug-likeness (QED) is 0.172. The Bertz CT molecular complexity index is 1790. The summed E-state index contributed by atoms with van der Waals surface area (Å²) in [4.78, 5) is 14.5. The summed E-state index contributed by atoms with van der Waals surface area (Å²) in [6.45, 7) is 8.65.